The van der Waals surface area contributed by atoms with Gasteiger partial charge in [0.05, 0.1) is 7.11 Å². The summed E-state index contributed by atoms with van der Waals surface area (Å²) >= 11 is 0. The number of rotatable bonds is 15. The number of ether oxygens (including phenoxy) is 1. The van der Waals surface area contributed by atoms with Gasteiger partial charge in [-0.15, -0.1) is 0 Å². The summed E-state index contributed by atoms with van der Waals surface area (Å²) in [4.78, 5) is 10.8. The topological polar surface area (TPSA) is 26.3 Å². The lowest BCUT2D eigenvalue weighted by atomic mass is 10.0. The quantitative estimate of drug-likeness (QED) is 0.204. The third-order valence-electron chi connectivity index (χ3n) is 3.93. The van der Waals surface area contributed by atoms with Crippen LogP contribution in [-0.2, 0) is 9.53 Å². The summed E-state index contributed by atoms with van der Waals surface area (Å²) in [7, 11) is 1.41. The van der Waals surface area contributed by atoms with E-state index in [0.29, 0.717) is 0 Å². The van der Waals surface area contributed by atoms with Gasteiger partial charge < -0.3 is 4.74 Å². The van der Waals surface area contributed by atoms with Crippen molar-refractivity contribution < 1.29 is 9.53 Å². The molecule has 0 atom stereocenters. The molecule has 0 aromatic heterocycles. The molecule has 0 aliphatic carbocycles. The number of esters is 1. The highest BCUT2D eigenvalue weighted by atomic mass is 16.5. The van der Waals surface area contributed by atoms with Crippen LogP contribution in [0, 0.1) is 0 Å². The average Bonchev–Trinajstić information content (AvgIpc) is 2.50. The van der Waals surface area contributed by atoms with Crippen LogP contribution >= 0.6 is 0 Å². The summed E-state index contributed by atoms with van der Waals surface area (Å²) in [5, 5.41) is 0. The fourth-order valence-corrected chi connectivity index (χ4v) is 2.53. The van der Waals surface area contributed by atoms with Crippen molar-refractivity contribution in [3.05, 3.63) is 12.2 Å². The molecule has 0 N–H and O–H groups in total. The molecule has 0 aliphatic heterocycles. The molecule has 0 aliphatic rings. The van der Waals surface area contributed by atoms with E-state index in [1.165, 1.54) is 96.7 Å². The first kappa shape index (κ1) is 20.2. The third-order valence-corrected chi connectivity index (χ3v) is 3.93. The van der Waals surface area contributed by atoms with Gasteiger partial charge in [0.1, 0.15) is 0 Å². The van der Waals surface area contributed by atoms with E-state index >= 15 is 0 Å². The molecule has 0 aromatic rings. The smallest absolute Gasteiger partial charge is 0.330 e. The summed E-state index contributed by atoms with van der Waals surface area (Å²) in [5.41, 5.74) is 0. The van der Waals surface area contributed by atoms with Crippen LogP contribution in [-0.4, -0.2) is 13.1 Å². The zero-order valence-electron chi connectivity index (χ0n) is 14.4. The molecule has 0 rings (SSSR count). The summed E-state index contributed by atoms with van der Waals surface area (Å²) < 4.78 is 4.54. The SMILES string of the molecule is CCCCCCCCCCCCCCC/C=C\C(=O)OC. The van der Waals surface area contributed by atoms with Gasteiger partial charge in [-0.3, -0.25) is 0 Å². The second-order valence-electron chi connectivity index (χ2n) is 5.96. The van der Waals surface area contributed by atoms with Crippen molar-refractivity contribution in [1.29, 1.82) is 0 Å². The van der Waals surface area contributed by atoms with Crippen molar-refractivity contribution >= 4 is 5.97 Å². The molecule has 2 heteroatoms. The molecule has 0 saturated carbocycles. The Hall–Kier alpha value is -0.790. The second kappa shape index (κ2) is 17.3. The van der Waals surface area contributed by atoms with Crippen LogP contribution in [0.4, 0.5) is 0 Å². The van der Waals surface area contributed by atoms with Crippen LogP contribution < -0.4 is 0 Å². The Morgan fingerprint density at radius 1 is 0.762 bits per heavy atom. The van der Waals surface area contributed by atoms with Gasteiger partial charge in [0.15, 0.2) is 0 Å². The van der Waals surface area contributed by atoms with E-state index in [1.807, 2.05) is 6.08 Å². The van der Waals surface area contributed by atoms with E-state index in [1.54, 1.807) is 0 Å². The van der Waals surface area contributed by atoms with Crippen LogP contribution in [0.15, 0.2) is 12.2 Å². The number of unbranched alkanes of at least 4 members (excludes halogenated alkanes) is 13. The van der Waals surface area contributed by atoms with Gasteiger partial charge >= 0.3 is 5.97 Å². The van der Waals surface area contributed by atoms with E-state index in [-0.39, 0.29) is 5.97 Å². The van der Waals surface area contributed by atoms with Crippen LogP contribution in [0.25, 0.3) is 0 Å². The summed E-state index contributed by atoms with van der Waals surface area (Å²) in [6.45, 7) is 2.27. The Bertz CT molecular complexity index is 246. The first-order valence-corrected chi connectivity index (χ1v) is 9.05. The zero-order valence-corrected chi connectivity index (χ0v) is 14.4. The molecule has 21 heavy (non-hydrogen) atoms. The van der Waals surface area contributed by atoms with Crippen molar-refractivity contribution in [1.82, 2.24) is 0 Å². The van der Waals surface area contributed by atoms with Crippen LogP contribution in [0.1, 0.15) is 96.8 Å². The monoisotopic (exact) mass is 296 g/mol. The van der Waals surface area contributed by atoms with Crippen LogP contribution in [0.3, 0.4) is 0 Å². The fraction of sp³-hybridized carbons (Fsp3) is 0.842. The maximum Gasteiger partial charge on any atom is 0.330 e. The van der Waals surface area contributed by atoms with E-state index in [0.717, 1.165) is 6.42 Å². The molecule has 0 bridgehead atoms. The molecule has 2 nitrogen and oxygen atoms in total. The highest BCUT2D eigenvalue weighted by Gasteiger charge is 1.94. The molecule has 0 unspecified atom stereocenters. The normalized spacial score (nSPS) is 11.1. The first-order valence-electron chi connectivity index (χ1n) is 9.05. The minimum atomic E-state index is -0.246. The van der Waals surface area contributed by atoms with E-state index < -0.39 is 0 Å². The van der Waals surface area contributed by atoms with Gasteiger partial charge in [-0.25, -0.2) is 4.79 Å². The Morgan fingerprint density at radius 3 is 1.62 bits per heavy atom. The fourth-order valence-electron chi connectivity index (χ4n) is 2.53. The largest absolute Gasteiger partial charge is 0.466 e. The highest BCUT2D eigenvalue weighted by Crippen LogP contribution is 2.12. The predicted molar refractivity (Wildman–Crippen MR) is 91.5 cm³/mol. The molecule has 0 spiro atoms. The van der Waals surface area contributed by atoms with Crippen molar-refractivity contribution in [3.8, 4) is 0 Å². The van der Waals surface area contributed by atoms with Crippen molar-refractivity contribution in [3.63, 3.8) is 0 Å². The lowest BCUT2D eigenvalue weighted by Crippen LogP contribution is -1.93. The van der Waals surface area contributed by atoms with Crippen molar-refractivity contribution in [2.45, 2.75) is 96.8 Å². The minimum absolute atomic E-state index is 0.246. The van der Waals surface area contributed by atoms with Crippen LogP contribution in [0.2, 0.25) is 0 Å². The Balaban J connectivity index is 3.06. The van der Waals surface area contributed by atoms with E-state index in [9.17, 15) is 4.79 Å². The molecular weight excluding hydrogens is 260 g/mol. The van der Waals surface area contributed by atoms with E-state index in [4.69, 9.17) is 0 Å². The Morgan fingerprint density at radius 2 is 1.19 bits per heavy atom. The minimum Gasteiger partial charge on any atom is -0.466 e. The van der Waals surface area contributed by atoms with Gasteiger partial charge in [0.25, 0.3) is 0 Å². The zero-order chi connectivity index (χ0) is 15.6. The molecule has 124 valence electrons. The number of hydrogen-bond acceptors (Lipinski definition) is 2. The first-order chi connectivity index (χ1) is 10.3. The summed E-state index contributed by atoms with van der Waals surface area (Å²) in [6, 6.07) is 0. The summed E-state index contributed by atoms with van der Waals surface area (Å²) in [5.74, 6) is -0.246. The lowest BCUT2D eigenvalue weighted by Gasteiger charge is -2.02. The molecule has 0 amide bonds. The maximum atomic E-state index is 10.8. The Labute approximate surface area is 132 Å². The maximum absolute atomic E-state index is 10.8. The number of carbonyl (C=O) groups is 1. The van der Waals surface area contributed by atoms with Gasteiger partial charge in [0, 0.05) is 6.08 Å². The third kappa shape index (κ3) is 17.2. The number of methoxy groups -OCH3 is 1. The standard InChI is InChI=1S/C19H36O2/c1-3-4-5-6-7-8-9-10-11-12-13-14-15-16-17-18-19(20)21-2/h17-18H,3-16H2,1-2H3/b18-17-. The van der Waals surface area contributed by atoms with Crippen molar-refractivity contribution in [2.24, 2.45) is 0 Å². The number of hydrogen-bond donors (Lipinski definition) is 0. The van der Waals surface area contributed by atoms with E-state index in [2.05, 4.69) is 11.7 Å². The second-order valence-corrected chi connectivity index (χ2v) is 5.96. The highest BCUT2D eigenvalue weighted by molar-refractivity contribution is 5.81. The molecule has 0 aromatic carbocycles. The number of allylic oxidation sites excluding steroid dienone is 1. The van der Waals surface area contributed by atoms with Gasteiger partial charge in [0.2, 0.25) is 0 Å². The molecular formula is C19H36O2. The van der Waals surface area contributed by atoms with Crippen LogP contribution in [0.5, 0.6) is 0 Å². The van der Waals surface area contributed by atoms with Crippen molar-refractivity contribution in [2.75, 3.05) is 7.11 Å². The summed E-state index contributed by atoms with van der Waals surface area (Å²) in [6.07, 6.45) is 22.3. The molecule has 0 fully saturated rings. The number of carbonyl (C=O) groups excluding carboxylic acids is 1. The lowest BCUT2D eigenvalue weighted by molar-refractivity contribution is -0.134. The van der Waals surface area contributed by atoms with Gasteiger partial charge in [-0.1, -0.05) is 90.0 Å². The molecule has 0 heterocycles. The van der Waals surface area contributed by atoms with Gasteiger partial charge in [-0.05, 0) is 12.8 Å². The van der Waals surface area contributed by atoms with Gasteiger partial charge in [-0.2, -0.15) is 0 Å². The predicted octanol–water partition coefficient (Wildman–Crippen LogP) is 6.20. The molecule has 0 saturated heterocycles. The Kier molecular flexibility index (Phi) is 16.6. The molecule has 0 radical (unpaired) electrons. The average molecular weight is 296 g/mol.